The van der Waals surface area contributed by atoms with Gasteiger partial charge >= 0.3 is 5.97 Å². The zero-order valence-corrected chi connectivity index (χ0v) is 12.1. The maximum atomic E-state index is 13.7. The number of thiazole rings is 1. The van der Waals surface area contributed by atoms with Crippen LogP contribution >= 0.6 is 11.3 Å². The van der Waals surface area contributed by atoms with Gasteiger partial charge in [-0.05, 0) is 32.2 Å². The van der Waals surface area contributed by atoms with Gasteiger partial charge in [0.05, 0.1) is 16.8 Å². The maximum absolute atomic E-state index is 13.7. The predicted molar refractivity (Wildman–Crippen MR) is 75.4 cm³/mol. The summed E-state index contributed by atoms with van der Waals surface area (Å²) >= 11 is 1.56. The number of carboxylic acids is 1. The van der Waals surface area contributed by atoms with Crippen LogP contribution in [0, 0.1) is 12.7 Å². The summed E-state index contributed by atoms with van der Waals surface area (Å²) in [4.78, 5) is 18.1. The van der Waals surface area contributed by atoms with E-state index in [-0.39, 0.29) is 11.4 Å². The molecule has 0 saturated heterocycles. The van der Waals surface area contributed by atoms with E-state index in [1.54, 1.807) is 16.8 Å². The van der Waals surface area contributed by atoms with E-state index in [1.807, 2.05) is 18.9 Å². The van der Waals surface area contributed by atoms with Crippen LogP contribution in [0.15, 0.2) is 23.7 Å². The van der Waals surface area contributed by atoms with Crippen LogP contribution < -0.4 is 0 Å². The summed E-state index contributed by atoms with van der Waals surface area (Å²) in [7, 11) is 1.87. The van der Waals surface area contributed by atoms with E-state index < -0.39 is 5.97 Å². The number of rotatable bonds is 5. The second-order valence-corrected chi connectivity index (χ2v) is 5.58. The Morgan fingerprint density at radius 3 is 2.80 bits per heavy atom. The SMILES string of the molecule is Cc1ncsc1CN(C)Cc1cc(C(=O)O)ccc1F. The van der Waals surface area contributed by atoms with Crippen molar-refractivity contribution in [3.63, 3.8) is 0 Å². The Morgan fingerprint density at radius 1 is 1.45 bits per heavy atom. The molecule has 20 heavy (non-hydrogen) atoms. The summed E-state index contributed by atoms with van der Waals surface area (Å²) in [5, 5.41) is 8.94. The third-order valence-corrected chi connectivity index (χ3v) is 3.91. The summed E-state index contributed by atoms with van der Waals surface area (Å²) in [6.07, 6.45) is 0. The quantitative estimate of drug-likeness (QED) is 0.921. The molecule has 0 aliphatic rings. The summed E-state index contributed by atoms with van der Waals surface area (Å²) in [5.74, 6) is -1.44. The van der Waals surface area contributed by atoms with Gasteiger partial charge in [0.15, 0.2) is 0 Å². The molecule has 1 heterocycles. The molecule has 0 radical (unpaired) electrons. The van der Waals surface area contributed by atoms with Crippen molar-refractivity contribution >= 4 is 17.3 Å². The molecule has 2 rings (SSSR count). The van der Waals surface area contributed by atoms with Crippen LogP contribution in [0.5, 0.6) is 0 Å². The van der Waals surface area contributed by atoms with Crippen molar-refractivity contribution in [1.82, 2.24) is 9.88 Å². The number of nitrogens with zero attached hydrogens (tertiary/aromatic N) is 2. The number of carboxylic acid groups (broad SMARTS) is 1. The van der Waals surface area contributed by atoms with Crippen LogP contribution in [0.3, 0.4) is 0 Å². The normalized spacial score (nSPS) is 11.0. The minimum absolute atomic E-state index is 0.101. The van der Waals surface area contributed by atoms with Crippen LogP contribution in [0.1, 0.15) is 26.5 Å². The number of benzene rings is 1. The number of hydrogen-bond acceptors (Lipinski definition) is 4. The lowest BCUT2D eigenvalue weighted by Gasteiger charge is -2.16. The molecule has 0 bridgehead atoms. The predicted octanol–water partition coefficient (Wildman–Crippen LogP) is 2.92. The molecule has 106 valence electrons. The first kappa shape index (κ1) is 14.6. The zero-order valence-electron chi connectivity index (χ0n) is 11.3. The largest absolute Gasteiger partial charge is 0.478 e. The number of aromatic nitrogens is 1. The molecule has 1 aromatic carbocycles. The smallest absolute Gasteiger partial charge is 0.335 e. The van der Waals surface area contributed by atoms with E-state index in [0.717, 1.165) is 10.6 Å². The van der Waals surface area contributed by atoms with Crippen molar-refractivity contribution in [2.24, 2.45) is 0 Å². The number of aryl methyl sites for hydroxylation is 1. The topological polar surface area (TPSA) is 53.4 Å². The molecule has 0 atom stereocenters. The Bertz CT molecular complexity index is 627. The van der Waals surface area contributed by atoms with Crippen LogP contribution in [0.4, 0.5) is 4.39 Å². The van der Waals surface area contributed by atoms with Crippen molar-refractivity contribution in [1.29, 1.82) is 0 Å². The second-order valence-electron chi connectivity index (χ2n) is 4.64. The standard InChI is InChI=1S/C14H15FN2O2S/c1-9-13(20-8-16-9)7-17(2)6-11-5-10(14(18)19)3-4-12(11)15/h3-5,8H,6-7H2,1-2H3,(H,18,19). The van der Waals surface area contributed by atoms with Crippen LogP contribution in [-0.2, 0) is 13.1 Å². The molecule has 0 spiro atoms. The second kappa shape index (κ2) is 6.11. The maximum Gasteiger partial charge on any atom is 0.335 e. The van der Waals surface area contributed by atoms with Crippen molar-refractivity contribution in [3.05, 3.63) is 51.2 Å². The first-order valence-electron chi connectivity index (χ1n) is 6.06. The highest BCUT2D eigenvalue weighted by Gasteiger charge is 2.12. The molecule has 0 aliphatic carbocycles. The molecule has 4 nitrogen and oxygen atoms in total. The molecule has 1 aromatic heterocycles. The van der Waals surface area contributed by atoms with Gasteiger partial charge in [-0.2, -0.15) is 0 Å². The molecule has 0 saturated carbocycles. The number of halogens is 1. The lowest BCUT2D eigenvalue weighted by Crippen LogP contribution is -2.18. The van der Waals surface area contributed by atoms with Crippen molar-refractivity contribution in [3.8, 4) is 0 Å². The van der Waals surface area contributed by atoms with Crippen LogP contribution in [-0.4, -0.2) is 28.0 Å². The van der Waals surface area contributed by atoms with E-state index in [0.29, 0.717) is 18.7 Å². The van der Waals surface area contributed by atoms with E-state index in [9.17, 15) is 9.18 Å². The van der Waals surface area contributed by atoms with Gasteiger partial charge < -0.3 is 5.11 Å². The summed E-state index contributed by atoms with van der Waals surface area (Å²) in [5.41, 5.74) is 3.24. The van der Waals surface area contributed by atoms with Crippen molar-refractivity contribution < 1.29 is 14.3 Å². The molecule has 0 amide bonds. The fourth-order valence-electron chi connectivity index (χ4n) is 1.90. The van der Waals surface area contributed by atoms with Crippen LogP contribution in [0.2, 0.25) is 0 Å². The molecule has 0 fully saturated rings. The molecular formula is C14H15FN2O2S. The first-order chi connectivity index (χ1) is 9.47. The van der Waals surface area contributed by atoms with Gasteiger partial charge in [0.25, 0.3) is 0 Å². The number of hydrogen-bond donors (Lipinski definition) is 1. The van der Waals surface area contributed by atoms with Gasteiger partial charge in [-0.3, -0.25) is 4.90 Å². The lowest BCUT2D eigenvalue weighted by atomic mass is 10.1. The van der Waals surface area contributed by atoms with Crippen LogP contribution in [0.25, 0.3) is 0 Å². The molecule has 1 N–H and O–H groups in total. The third-order valence-electron chi connectivity index (χ3n) is 2.99. The Labute approximate surface area is 120 Å². The molecule has 0 unspecified atom stereocenters. The first-order valence-corrected chi connectivity index (χ1v) is 6.94. The fraction of sp³-hybridized carbons (Fsp3) is 0.286. The zero-order chi connectivity index (χ0) is 14.7. The number of carbonyl (C=O) groups is 1. The van der Waals surface area contributed by atoms with Gasteiger partial charge in [-0.15, -0.1) is 11.3 Å². The highest BCUT2D eigenvalue weighted by Crippen LogP contribution is 2.17. The van der Waals surface area contributed by atoms with E-state index in [2.05, 4.69) is 4.98 Å². The number of aromatic carboxylic acids is 1. The Hall–Kier alpha value is -1.79. The molecular weight excluding hydrogens is 279 g/mol. The average molecular weight is 294 g/mol. The molecule has 0 aliphatic heterocycles. The fourth-order valence-corrected chi connectivity index (χ4v) is 2.76. The van der Waals surface area contributed by atoms with E-state index in [4.69, 9.17) is 5.11 Å². The van der Waals surface area contributed by atoms with Gasteiger partial charge in [-0.1, -0.05) is 0 Å². The molecule has 6 heteroatoms. The minimum atomic E-state index is -1.05. The summed E-state index contributed by atoms with van der Waals surface area (Å²) < 4.78 is 13.7. The highest BCUT2D eigenvalue weighted by molar-refractivity contribution is 7.09. The summed E-state index contributed by atoms with van der Waals surface area (Å²) in [6, 6.07) is 3.85. The average Bonchev–Trinajstić information content (AvgIpc) is 2.77. The minimum Gasteiger partial charge on any atom is -0.478 e. The Morgan fingerprint density at radius 2 is 2.20 bits per heavy atom. The van der Waals surface area contributed by atoms with Gasteiger partial charge in [0, 0.05) is 23.5 Å². The van der Waals surface area contributed by atoms with Crippen molar-refractivity contribution in [2.45, 2.75) is 20.0 Å². The van der Waals surface area contributed by atoms with Gasteiger partial charge in [0.1, 0.15) is 5.82 Å². The Balaban J connectivity index is 2.11. The van der Waals surface area contributed by atoms with Gasteiger partial charge in [0.2, 0.25) is 0 Å². The highest BCUT2D eigenvalue weighted by atomic mass is 32.1. The Kier molecular flexibility index (Phi) is 4.46. The van der Waals surface area contributed by atoms with E-state index >= 15 is 0 Å². The third kappa shape index (κ3) is 3.40. The van der Waals surface area contributed by atoms with Gasteiger partial charge in [-0.25, -0.2) is 14.2 Å². The van der Waals surface area contributed by atoms with E-state index in [1.165, 1.54) is 18.2 Å². The lowest BCUT2D eigenvalue weighted by molar-refractivity contribution is 0.0696. The summed E-state index contributed by atoms with van der Waals surface area (Å²) in [6.45, 7) is 2.95. The monoisotopic (exact) mass is 294 g/mol. The molecule has 2 aromatic rings. The van der Waals surface area contributed by atoms with Crippen molar-refractivity contribution in [2.75, 3.05) is 7.05 Å².